The van der Waals surface area contributed by atoms with Gasteiger partial charge in [-0.25, -0.2) is 0 Å². The monoisotopic (exact) mass is 526 g/mol. The van der Waals surface area contributed by atoms with Crippen LogP contribution >= 0.6 is 7.37 Å². The molecular formula is C26H43N2O7P. The number of benzene rings is 1. The second-order valence-electron chi connectivity index (χ2n) is 10.3. The molecule has 0 spiro atoms. The van der Waals surface area contributed by atoms with E-state index < -0.39 is 30.9 Å². The van der Waals surface area contributed by atoms with Crippen molar-refractivity contribution in [2.75, 3.05) is 33.6 Å². The third-order valence-electron chi connectivity index (χ3n) is 5.51. The van der Waals surface area contributed by atoms with Gasteiger partial charge in [-0.3, -0.25) is 18.9 Å². The summed E-state index contributed by atoms with van der Waals surface area (Å²) in [7, 11) is 1.10. The normalized spacial score (nSPS) is 14.9. The van der Waals surface area contributed by atoms with Gasteiger partial charge in [0.05, 0.1) is 13.5 Å². The van der Waals surface area contributed by atoms with Gasteiger partial charge < -0.3 is 24.6 Å². The van der Waals surface area contributed by atoms with Crippen molar-refractivity contribution in [1.29, 1.82) is 0 Å². The maximum absolute atomic E-state index is 13.5. The molecule has 0 heterocycles. The van der Waals surface area contributed by atoms with Crippen LogP contribution in [0.15, 0.2) is 24.3 Å². The number of hydrogen-bond acceptors (Lipinski definition) is 7. The van der Waals surface area contributed by atoms with Crippen LogP contribution in [0.5, 0.6) is 5.75 Å². The van der Waals surface area contributed by atoms with E-state index in [2.05, 4.69) is 10.6 Å². The average Bonchev–Trinajstić information content (AvgIpc) is 2.80. The molecule has 1 rings (SSSR count). The first kappa shape index (κ1) is 31.6. The van der Waals surface area contributed by atoms with Gasteiger partial charge in [-0.15, -0.1) is 0 Å². The van der Waals surface area contributed by atoms with Crippen molar-refractivity contribution < 1.29 is 32.9 Å². The lowest BCUT2D eigenvalue weighted by atomic mass is 9.97. The van der Waals surface area contributed by atoms with E-state index in [0.717, 1.165) is 5.56 Å². The number of carbonyl (C=O) groups is 3. The molecule has 1 aromatic rings. The minimum Gasteiger partial charge on any atom is -0.497 e. The second-order valence-corrected chi connectivity index (χ2v) is 13.1. The van der Waals surface area contributed by atoms with Crippen LogP contribution in [0.25, 0.3) is 0 Å². The maximum atomic E-state index is 13.5. The molecule has 0 radical (unpaired) electrons. The molecule has 0 aliphatic heterocycles. The molecule has 0 saturated carbocycles. The largest absolute Gasteiger partial charge is 0.497 e. The summed E-state index contributed by atoms with van der Waals surface area (Å²) in [6, 6.07) is 6.44. The van der Waals surface area contributed by atoms with E-state index in [-0.39, 0.29) is 42.9 Å². The minimum atomic E-state index is -3.31. The number of likely N-dealkylation sites (N-methyl/N-ethyl adjacent to an activating group) is 1. The fourth-order valence-electron chi connectivity index (χ4n) is 3.75. The fourth-order valence-corrected chi connectivity index (χ4v) is 5.77. The summed E-state index contributed by atoms with van der Waals surface area (Å²) in [6.07, 6.45) is 0.611. The second kappa shape index (κ2) is 14.4. The predicted molar refractivity (Wildman–Crippen MR) is 140 cm³/mol. The molecule has 2 unspecified atom stereocenters. The quantitative estimate of drug-likeness (QED) is 0.280. The van der Waals surface area contributed by atoms with Gasteiger partial charge in [0.1, 0.15) is 17.4 Å². The van der Waals surface area contributed by atoms with Crippen LogP contribution in [0.2, 0.25) is 0 Å². The van der Waals surface area contributed by atoms with Crippen molar-refractivity contribution in [3.63, 3.8) is 0 Å². The van der Waals surface area contributed by atoms with E-state index in [1.165, 1.54) is 14.2 Å². The van der Waals surface area contributed by atoms with Gasteiger partial charge in [0.25, 0.3) is 0 Å². The molecule has 0 fully saturated rings. The van der Waals surface area contributed by atoms with Crippen LogP contribution in [-0.2, 0) is 34.6 Å². The lowest BCUT2D eigenvalue weighted by Crippen LogP contribution is -2.49. The highest BCUT2D eigenvalue weighted by molar-refractivity contribution is 7.59. The predicted octanol–water partition coefficient (Wildman–Crippen LogP) is 3.79. The zero-order valence-corrected chi connectivity index (χ0v) is 23.8. The van der Waals surface area contributed by atoms with Crippen molar-refractivity contribution in [1.82, 2.24) is 10.6 Å². The molecule has 1 aromatic carbocycles. The molecule has 2 N–H and O–H groups in total. The smallest absolute Gasteiger partial charge is 0.306 e. The number of hydrogen-bond donors (Lipinski definition) is 2. The Bertz CT molecular complexity index is 910. The molecule has 0 aliphatic rings. The Balaban J connectivity index is 3.00. The molecule has 36 heavy (non-hydrogen) atoms. The first-order valence-electron chi connectivity index (χ1n) is 12.2. The van der Waals surface area contributed by atoms with E-state index in [1.54, 1.807) is 40.0 Å². The van der Waals surface area contributed by atoms with E-state index in [1.807, 2.05) is 26.0 Å². The van der Waals surface area contributed by atoms with Crippen LogP contribution < -0.4 is 15.4 Å². The van der Waals surface area contributed by atoms with Crippen molar-refractivity contribution >= 4 is 25.2 Å². The highest BCUT2D eigenvalue weighted by Gasteiger charge is 2.34. The van der Waals surface area contributed by atoms with Crippen molar-refractivity contribution in [2.45, 2.75) is 65.5 Å². The molecule has 0 bridgehead atoms. The van der Waals surface area contributed by atoms with Gasteiger partial charge in [-0.2, -0.15) is 0 Å². The Morgan fingerprint density at radius 2 is 1.64 bits per heavy atom. The van der Waals surface area contributed by atoms with Crippen LogP contribution in [0.4, 0.5) is 0 Å². The molecule has 10 heteroatoms. The summed E-state index contributed by atoms with van der Waals surface area (Å²) in [5, 5.41) is 5.44. The number of nitrogens with one attached hydrogen (secondary N) is 2. The van der Waals surface area contributed by atoms with Crippen LogP contribution in [0.1, 0.15) is 53.0 Å². The molecule has 3 atom stereocenters. The molecular weight excluding hydrogens is 483 g/mol. The zero-order valence-electron chi connectivity index (χ0n) is 22.9. The Kier molecular flexibility index (Phi) is 12.6. The van der Waals surface area contributed by atoms with Gasteiger partial charge in [0, 0.05) is 38.8 Å². The summed E-state index contributed by atoms with van der Waals surface area (Å²) in [4.78, 5) is 38.1. The van der Waals surface area contributed by atoms with E-state index >= 15 is 0 Å². The van der Waals surface area contributed by atoms with Gasteiger partial charge in [-0.05, 0) is 50.8 Å². The van der Waals surface area contributed by atoms with E-state index in [9.17, 15) is 18.9 Å². The van der Waals surface area contributed by atoms with Gasteiger partial charge >= 0.3 is 5.97 Å². The number of carbonyl (C=O) groups excluding carboxylic acids is 3. The zero-order chi connectivity index (χ0) is 27.5. The number of amides is 2. The molecule has 0 saturated heterocycles. The van der Waals surface area contributed by atoms with Crippen LogP contribution in [0.3, 0.4) is 0 Å². The number of methoxy groups -OCH3 is 1. The molecule has 0 aromatic heterocycles. The summed E-state index contributed by atoms with van der Waals surface area (Å²) < 4.78 is 29.3. The topological polar surface area (TPSA) is 120 Å². The van der Waals surface area contributed by atoms with E-state index in [4.69, 9.17) is 14.0 Å². The summed E-state index contributed by atoms with van der Waals surface area (Å²) in [5.74, 6) is -1.00. The van der Waals surface area contributed by atoms with Crippen LogP contribution in [-0.4, -0.2) is 63.0 Å². The number of esters is 1. The molecule has 9 nitrogen and oxygen atoms in total. The maximum Gasteiger partial charge on any atom is 0.306 e. The number of rotatable bonds is 14. The third-order valence-corrected chi connectivity index (χ3v) is 8.08. The average molecular weight is 527 g/mol. The highest BCUT2D eigenvalue weighted by atomic mass is 31.2. The Morgan fingerprint density at radius 3 is 2.11 bits per heavy atom. The lowest BCUT2D eigenvalue weighted by Gasteiger charge is -2.26. The minimum absolute atomic E-state index is 0.0228. The van der Waals surface area contributed by atoms with Gasteiger partial charge in [0.2, 0.25) is 19.2 Å². The lowest BCUT2D eigenvalue weighted by molar-refractivity contribution is -0.154. The van der Waals surface area contributed by atoms with Crippen molar-refractivity contribution in [3.05, 3.63) is 29.8 Å². The highest BCUT2D eigenvalue weighted by Crippen LogP contribution is 2.49. The fraction of sp³-hybridized carbons (Fsp3) is 0.654. The molecule has 2 amide bonds. The SMILES string of the molecule is CNC(=O)[C@@H](Cc1ccc(OC)cc1)NC(=O)C(CC(C)C)CP(=O)(CCC(=O)OC(C)(C)C)OC. The van der Waals surface area contributed by atoms with Gasteiger partial charge in [-0.1, -0.05) is 26.0 Å². The third kappa shape index (κ3) is 11.6. The first-order chi connectivity index (χ1) is 16.7. The van der Waals surface area contributed by atoms with Crippen molar-refractivity contribution in [2.24, 2.45) is 11.8 Å². The first-order valence-corrected chi connectivity index (χ1v) is 14.2. The van der Waals surface area contributed by atoms with Gasteiger partial charge in [0.15, 0.2) is 0 Å². The van der Waals surface area contributed by atoms with Crippen molar-refractivity contribution in [3.8, 4) is 5.75 Å². The summed E-state index contributed by atoms with van der Waals surface area (Å²) in [5.41, 5.74) is 0.206. The Labute approximate surface area is 215 Å². The van der Waals surface area contributed by atoms with E-state index in [0.29, 0.717) is 12.2 Å². The molecule has 0 aliphatic carbocycles. The van der Waals surface area contributed by atoms with Crippen LogP contribution in [0, 0.1) is 11.8 Å². The Morgan fingerprint density at radius 1 is 1.03 bits per heavy atom. The number of ether oxygens (including phenoxy) is 2. The standard InChI is InChI=1S/C26H43N2O7P/c1-18(2)15-20(17-36(32,34-8)14-13-23(29)35-26(3,4)5)24(30)28-22(25(31)27-6)16-19-9-11-21(33-7)12-10-19/h9-12,18,20,22H,13-17H2,1-8H3,(H,27,31)(H,28,30)/t20?,22-,36?/m1/s1. The Hall–Kier alpha value is -2.38. The summed E-state index contributed by atoms with van der Waals surface area (Å²) in [6.45, 7) is 9.22. The molecule has 204 valence electrons. The summed E-state index contributed by atoms with van der Waals surface area (Å²) >= 11 is 0.